The lowest BCUT2D eigenvalue weighted by Crippen LogP contribution is -2.13. The second-order valence-electron chi connectivity index (χ2n) is 4.53. The Morgan fingerprint density at radius 3 is 2.80 bits per heavy atom. The molecule has 2 heterocycles. The summed E-state index contributed by atoms with van der Waals surface area (Å²) in [6.07, 6.45) is 3.81. The summed E-state index contributed by atoms with van der Waals surface area (Å²) in [4.78, 5) is 15.8. The monoisotopic (exact) mass is 274 g/mol. The third kappa shape index (κ3) is 3.34. The molecule has 0 aliphatic rings. The second-order valence-corrected chi connectivity index (χ2v) is 4.53. The van der Waals surface area contributed by atoms with Gasteiger partial charge in [-0.1, -0.05) is 0 Å². The molecule has 0 radical (unpaired) electrons. The summed E-state index contributed by atoms with van der Waals surface area (Å²) in [6, 6.07) is 3.49. The zero-order valence-electron chi connectivity index (χ0n) is 11.9. The highest BCUT2D eigenvalue weighted by molar-refractivity contribution is 5.90. The number of carbonyl (C=O) groups is 1. The summed E-state index contributed by atoms with van der Waals surface area (Å²) in [5.74, 6) is 0.368. The van der Waals surface area contributed by atoms with Crippen molar-refractivity contribution in [3.63, 3.8) is 0 Å². The third-order valence-corrected chi connectivity index (χ3v) is 2.90. The minimum absolute atomic E-state index is 0.367. The van der Waals surface area contributed by atoms with Gasteiger partial charge in [-0.05, 0) is 31.5 Å². The largest absolute Gasteiger partial charge is 0.465 e. The Morgan fingerprint density at radius 2 is 2.20 bits per heavy atom. The minimum atomic E-state index is -0.367. The van der Waals surface area contributed by atoms with Crippen molar-refractivity contribution in [3.8, 4) is 0 Å². The number of hydrogen-bond donors (Lipinski definition) is 1. The van der Waals surface area contributed by atoms with Crippen molar-refractivity contribution >= 4 is 11.8 Å². The molecule has 0 fully saturated rings. The van der Waals surface area contributed by atoms with Crippen LogP contribution in [0, 0.1) is 13.8 Å². The van der Waals surface area contributed by atoms with Crippen LogP contribution in [-0.2, 0) is 11.3 Å². The van der Waals surface area contributed by atoms with Crippen molar-refractivity contribution in [3.05, 3.63) is 41.3 Å². The summed E-state index contributed by atoms with van der Waals surface area (Å²) in [7, 11) is 1.36. The van der Waals surface area contributed by atoms with Crippen molar-refractivity contribution in [2.45, 2.75) is 20.4 Å². The SMILES string of the molecule is COC(=O)c1ccc(NCCn2cc(C)cn2)nc1C. The molecule has 2 rings (SSSR count). The maximum absolute atomic E-state index is 11.5. The maximum atomic E-state index is 11.5. The van der Waals surface area contributed by atoms with Crippen LogP contribution in [0.2, 0.25) is 0 Å². The molecule has 0 spiro atoms. The highest BCUT2D eigenvalue weighted by Crippen LogP contribution is 2.11. The molecule has 0 aliphatic heterocycles. The van der Waals surface area contributed by atoms with E-state index in [-0.39, 0.29) is 5.97 Å². The smallest absolute Gasteiger partial charge is 0.339 e. The van der Waals surface area contributed by atoms with Crippen LogP contribution in [-0.4, -0.2) is 34.4 Å². The number of rotatable bonds is 5. The van der Waals surface area contributed by atoms with Gasteiger partial charge in [-0.3, -0.25) is 4.68 Å². The number of esters is 1. The summed E-state index contributed by atoms with van der Waals surface area (Å²) < 4.78 is 6.56. The topological polar surface area (TPSA) is 69.0 Å². The lowest BCUT2D eigenvalue weighted by molar-refractivity contribution is 0.0599. The number of methoxy groups -OCH3 is 1. The number of pyridine rings is 1. The normalized spacial score (nSPS) is 10.3. The van der Waals surface area contributed by atoms with Crippen LogP contribution < -0.4 is 5.32 Å². The van der Waals surface area contributed by atoms with Crippen LogP contribution in [0.5, 0.6) is 0 Å². The molecule has 2 aromatic heterocycles. The first-order valence-electron chi connectivity index (χ1n) is 6.39. The number of nitrogens with one attached hydrogen (secondary N) is 1. The summed E-state index contributed by atoms with van der Waals surface area (Å²) >= 11 is 0. The van der Waals surface area contributed by atoms with Gasteiger partial charge in [0.25, 0.3) is 0 Å². The predicted octanol–water partition coefficient (Wildman–Crippen LogP) is 1.79. The summed E-state index contributed by atoms with van der Waals surface area (Å²) in [5.41, 5.74) is 2.28. The molecule has 6 nitrogen and oxygen atoms in total. The Morgan fingerprint density at radius 1 is 1.40 bits per heavy atom. The van der Waals surface area contributed by atoms with Gasteiger partial charge >= 0.3 is 5.97 Å². The zero-order chi connectivity index (χ0) is 14.5. The Hall–Kier alpha value is -2.37. The van der Waals surface area contributed by atoms with Gasteiger partial charge in [0.05, 0.1) is 31.1 Å². The fourth-order valence-corrected chi connectivity index (χ4v) is 1.87. The molecule has 6 heteroatoms. The van der Waals surface area contributed by atoms with Crippen LogP contribution in [0.25, 0.3) is 0 Å². The van der Waals surface area contributed by atoms with Crippen LogP contribution in [0.3, 0.4) is 0 Å². The summed E-state index contributed by atoms with van der Waals surface area (Å²) in [6.45, 7) is 5.26. The first kappa shape index (κ1) is 14.0. The van der Waals surface area contributed by atoms with E-state index >= 15 is 0 Å². The van der Waals surface area contributed by atoms with Crippen LogP contribution >= 0.6 is 0 Å². The fourth-order valence-electron chi connectivity index (χ4n) is 1.87. The van der Waals surface area contributed by atoms with Crippen molar-refractivity contribution in [2.75, 3.05) is 19.0 Å². The fraction of sp³-hybridized carbons (Fsp3) is 0.357. The number of hydrogen-bond acceptors (Lipinski definition) is 5. The van der Waals surface area contributed by atoms with Crippen molar-refractivity contribution in [1.82, 2.24) is 14.8 Å². The highest BCUT2D eigenvalue weighted by atomic mass is 16.5. The highest BCUT2D eigenvalue weighted by Gasteiger charge is 2.10. The van der Waals surface area contributed by atoms with Crippen LogP contribution in [0.15, 0.2) is 24.5 Å². The second kappa shape index (κ2) is 6.18. The van der Waals surface area contributed by atoms with E-state index in [0.29, 0.717) is 17.8 Å². The van der Waals surface area contributed by atoms with Gasteiger partial charge in [-0.15, -0.1) is 0 Å². The number of ether oxygens (including phenoxy) is 1. The average molecular weight is 274 g/mol. The molecule has 106 valence electrons. The van der Waals surface area contributed by atoms with E-state index in [1.54, 1.807) is 19.1 Å². The van der Waals surface area contributed by atoms with Gasteiger partial charge in [0, 0.05) is 12.7 Å². The molecular formula is C14H18N4O2. The molecule has 0 amide bonds. The Bertz CT molecular complexity index is 607. The van der Waals surface area contributed by atoms with Crippen LogP contribution in [0.4, 0.5) is 5.82 Å². The number of carbonyl (C=O) groups excluding carboxylic acids is 1. The predicted molar refractivity (Wildman–Crippen MR) is 75.8 cm³/mol. The lowest BCUT2D eigenvalue weighted by atomic mass is 10.2. The quantitative estimate of drug-likeness (QED) is 0.842. The van der Waals surface area contributed by atoms with Gasteiger partial charge in [0.15, 0.2) is 0 Å². The molecule has 0 aliphatic carbocycles. The molecule has 2 aromatic rings. The van der Waals surface area contributed by atoms with Gasteiger partial charge < -0.3 is 10.1 Å². The van der Waals surface area contributed by atoms with Crippen LogP contribution in [0.1, 0.15) is 21.6 Å². The molecule has 0 unspecified atom stereocenters. The molecule has 0 aromatic carbocycles. The van der Waals surface area contributed by atoms with Gasteiger partial charge in [0.1, 0.15) is 5.82 Å². The number of anilines is 1. The van der Waals surface area contributed by atoms with E-state index in [1.165, 1.54) is 7.11 Å². The first-order valence-corrected chi connectivity index (χ1v) is 6.39. The Kier molecular flexibility index (Phi) is 4.34. The average Bonchev–Trinajstić information content (AvgIpc) is 2.84. The van der Waals surface area contributed by atoms with E-state index in [4.69, 9.17) is 0 Å². The molecule has 20 heavy (non-hydrogen) atoms. The molecule has 0 atom stereocenters. The summed E-state index contributed by atoms with van der Waals surface area (Å²) in [5, 5.41) is 7.41. The van der Waals surface area contributed by atoms with Gasteiger partial charge in [-0.25, -0.2) is 9.78 Å². The van der Waals surface area contributed by atoms with E-state index in [0.717, 1.165) is 17.9 Å². The number of aromatic nitrogens is 3. The number of aryl methyl sites for hydroxylation is 2. The molecular weight excluding hydrogens is 256 g/mol. The van der Waals surface area contributed by atoms with Crippen molar-refractivity contribution in [2.24, 2.45) is 0 Å². The standard InChI is InChI=1S/C14H18N4O2/c1-10-8-16-18(9-10)7-6-15-13-5-4-12(11(2)17-13)14(19)20-3/h4-5,8-9H,6-7H2,1-3H3,(H,15,17). The zero-order valence-corrected chi connectivity index (χ0v) is 11.9. The van der Waals surface area contributed by atoms with E-state index in [9.17, 15) is 4.79 Å². The molecule has 0 saturated heterocycles. The first-order chi connectivity index (χ1) is 9.60. The third-order valence-electron chi connectivity index (χ3n) is 2.90. The lowest BCUT2D eigenvalue weighted by Gasteiger charge is -2.08. The van der Waals surface area contributed by atoms with Gasteiger partial charge in [-0.2, -0.15) is 5.10 Å². The van der Waals surface area contributed by atoms with E-state index < -0.39 is 0 Å². The van der Waals surface area contributed by atoms with Crippen molar-refractivity contribution in [1.29, 1.82) is 0 Å². The molecule has 0 saturated carbocycles. The van der Waals surface area contributed by atoms with Gasteiger partial charge in [0.2, 0.25) is 0 Å². The minimum Gasteiger partial charge on any atom is -0.465 e. The Labute approximate surface area is 117 Å². The van der Waals surface area contributed by atoms with E-state index in [2.05, 4.69) is 20.1 Å². The Balaban J connectivity index is 1.93. The van der Waals surface area contributed by atoms with Crippen molar-refractivity contribution < 1.29 is 9.53 Å². The number of nitrogens with zero attached hydrogens (tertiary/aromatic N) is 3. The molecule has 1 N–H and O–H groups in total. The maximum Gasteiger partial charge on any atom is 0.339 e. The molecule has 0 bridgehead atoms. The van der Waals surface area contributed by atoms with E-state index in [1.807, 2.05) is 24.0 Å².